The van der Waals surface area contributed by atoms with E-state index in [0.29, 0.717) is 16.5 Å². The molecule has 0 radical (unpaired) electrons. The number of nitrogens with zero attached hydrogens (tertiary/aromatic N) is 3. The fourth-order valence-corrected chi connectivity index (χ4v) is 2.29. The summed E-state index contributed by atoms with van der Waals surface area (Å²) in [6.07, 6.45) is 2.96. The predicted molar refractivity (Wildman–Crippen MR) is 64.0 cm³/mol. The molecule has 1 atom stereocenters. The van der Waals surface area contributed by atoms with Crippen molar-refractivity contribution in [1.29, 1.82) is 5.26 Å². The van der Waals surface area contributed by atoms with Crippen LogP contribution in [0.15, 0.2) is 16.6 Å². The van der Waals surface area contributed by atoms with Crippen molar-refractivity contribution in [2.24, 2.45) is 10.9 Å². The Balaban J connectivity index is 2.21. The molecule has 0 aromatic heterocycles. The summed E-state index contributed by atoms with van der Waals surface area (Å²) in [6, 6.07) is 2.11. The summed E-state index contributed by atoms with van der Waals surface area (Å²) in [5.41, 5.74) is 1.72. The SMILES string of the molecule is CCN1CCC2=NC(=S)C(C#N)=CC2C1. The van der Waals surface area contributed by atoms with Gasteiger partial charge in [-0.15, -0.1) is 0 Å². The molecule has 0 saturated carbocycles. The van der Waals surface area contributed by atoms with Gasteiger partial charge in [0.2, 0.25) is 0 Å². The van der Waals surface area contributed by atoms with Crippen molar-refractivity contribution in [3.8, 4) is 6.07 Å². The predicted octanol–water partition coefficient (Wildman–Crippen LogP) is 1.56. The van der Waals surface area contributed by atoms with Crippen LogP contribution in [0.3, 0.4) is 0 Å². The summed E-state index contributed by atoms with van der Waals surface area (Å²) in [4.78, 5) is 7.20. The Hall–Kier alpha value is -1.05. The topological polar surface area (TPSA) is 39.4 Å². The van der Waals surface area contributed by atoms with Crippen molar-refractivity contribution in [2.75, 3.05) is 19.6 Å². The van der Waals surface area contributed by atoms with Crippen LogP contribution in [0, 0.1) is 17.2 Å². The first-order chi connectivity index (χ1) is 7.24. The van der Waals surface area contributed by atoms with Gasteiger partial charge in [0.25, 0.3) is 0 Å². The average molecular weight is 219 g/mol. The van der Waals surface area contributed by atoms with Crippen molar-refractivity contribution in [2.45, 2.75) is 13.3 Å². The van der Waals surface area contributed by atoms with Crippen LogP contribution in [-0.2, 0) is 0 Å². The molecule has 1 unspecified atom stereocenters. The number of thiocarbonyl (C=S) groups is 1. The Morgan fingerprint density at radius 3 is 3.20 bits per heavy atom. The second kappa shape index (κ2) is 4.21. The fraction of sp³-hybridized carbons (Fsp3) is 0.545. The number of rotatable bonds is 1. The molecule has 2 aliphatic rings. The zero-order valence-corrected chi connectivity index (χ0v) is 9.55. The number of aliphatic imine (C=N–C) groups is 1. The number of piperidine rings is 1. The quantitative estimate of drug-likeness (QED) is 0.628. The zero-order chi connectivity index (χ0) is 10.8. The fourth-order valence-electron chi connectivity index (χ4n) is 2.06. The third-order valence-corrected chi connectivity index (χ3v) is 3.29. The van der Waals surface area contributed by atoms with Crippen LogP contribution in [0.5, 0.6) is 0 Å². The van der Waals surface area contributed by atoms with E-state index in [9.17, 15) is 0 Å². The average Bonchev–Trinajstić information content (AvgIpc) is 2.27. The van der Waals surface area contributed by atoms with Gasteiger partial charge in [0.15, 0.2) is 0 Å². The largest absolute Gasteiger partial charge is 0.302 e. The van der Waals surface area contributed by atoms with Crippen LogP contribution in [0.2, 0.25) is 0 Å². The third kappa shape index (κ3) is 1.99. The van der Waals surface area contributed by atoms with Crippen molar-refractivity contribution in [3.63, 3.8) is 0 Å². The van der Waals surface area contributed by atoms with Gasteiger partial charge in [0, 0.05) is 24.7 Å². The van der Waals surface area contributed by atoms with E-state index in [1.807, 2.05) is 6.08 Å². The van der Waals surface area contributed by atoms with Gasteiger partial charge >= 0.3 is 0 Å². The zero-order valence-electron chi connectivity index (χ0n) is 8.73. The second-order valence-corrected chi connectivity index (χ2v) is 4.24. The number of nitriles is 1. The van der Waals surface area contributed by atoms with Gasteiger partial charge in [0.1, 0.15) is 11.1 Å². The lowest BCUT2D eigenvalue weighted by molar-refractivity contribution is 0.267. The van der Waals surface area contributed by atoms with Gasteiger partial charge in [-0.2, -0.15) is 5.26 Å². The molecule has 1 saturated heterocycles. The van der Waals surface area contributed by atoms with E-state index in [0.717, 1.165) is 31.8 Å². The Morgan fingerprint density at radius 1 is 1.73 bits per heavy atom. The van der Waals surface area contributed by atoms with E-state index < -0.39 is 0 Å². The highest BCUT2D eigenvalue weighted by Gasteiger charge is 2.27. The van der Waals surface area contributed by atoms with E-state index >= 15 is 0 Å². The van der Waals surface area contributed by atoms with Gasteiger partial charge in [0.05, 0.1) is 5.57 Å². The highest BCUT2D eigenvalue weighted by atomic mass is 32.1. The van der Waals surface area contributed by atoms with Crippen LogP contribution < -0.4 is 0 Å². The van der Waals surface area contributed by atoms with E-state index in [4.69, 9.17) is 17.5 Å². The van der Waals surface area contributed by atoms with Gasteiger partial charge in [-0.25, -0.2) is 4.99 Å². The van der Waals surface area contributed by atoms with E-state index in [2.05, 4.69) is 22.9 Å². The van der Waals surface area contributed by atoms with E-state index in [1.54, 1.807) is 0 Å². The molecule has 0 bridgehead atoms. The first-order valence-electron chi connectivity index (χ1n) is 5.20. The van der Waals surface area contributed by atoms with Crippen molar-refractivity contribution in [3.05, 3.63) is 11.6 Å². The van der Waals surface area contributed by atoms with Gasteiger partial charge < -0.3 is 4.90 Å². The maximum absolute atomic E-state index is 8.89. The van der Waals surface area contributed by atoms with Gasteiger partial charge in [-0.1, -0.05) is 25.2 Å². The van der Waals surface area contributed by atoms with Crippen LogP contribution in [0.4, 0.5) is 0 Å². The number of fused-ring (bicyclic) bond motifs is 1. The maximum atomic E-state index is 8.89. The molecule has 0 aromatic carbocycles. The van der Waals surface area contributed by atoms with Crippen LogP contribution in [0.1, 0.15) is 13.3 Å². The minimum Gasteiger partial charge on any atom is -0.302 e. The van der Waals surface area contributed by atoms with Crippen LogP contribution in [-0.4, -0.2) is 35.2 Å². The molecular weight excluding hydrogens is 206 g/mol. The van der Waals surface area contributed by atoms with Gasteiger partial charge in [-0.3, -0.25) is 0 Å². The van der Waals surface area contributed by atoms with E-state index in [-0.39, 0.29) is 0 Å². The molecule has 0 amide bonds. The van der Waals surface area contributed by atoms with Crippen molar-refractivity contribution in [1.82, 2.24) is 4.90 Å². The summed E-state index contributed by atoms with van der Waals surface area (Å²) < 4.78 is 0. The minimum absolute atomic E-state index is 0.306. The Bertz CT molecular complexity index is 389. The first kappa shape index (κ1) is 10.5. The normalized spacial score (nSPS) is 26.4. The maximum Gasteiger partial charge on any atom is 0.143 e. The van der Waals surface area contributed by atoms with E-state index in [1.165, 1.54) is 0 Å². The second-order valence-electron chi connectivity index (χ2n) is 3.85. The lowest BCUT2D eigenvalue weighted by Gasteiger charge is -2.33. The first-order valence-corrected chi connectivity index (χ1v) is 5.61. The molecule has 78 valence electrons. The molecule has 2 rings (SSSR count). The van der Waals surface area contributed by atoms with Crippen molar-refractivity contribution >= 4 is 22.9 Å². The highest BCUT2D eigenvalue weighted by Crippen LogP contribution is 2.22. The van der Waals surface area contributed by atoms with Crippen LogP contribution >= 0.6 is 12.2 Å². The number of dihydropyridines is 1. The van der Waals surface area contributed by atoms with Gasteiger partial charge in [-0.05, 0) is 13.0 Å². The van der Waals surface area contributed by atoms with Crippen LogP contribution in [0.25, 0.3) is 0 Å². The highest BCUT2D eigenvalue weighted by molar-refractivity contribution is 7.80. The molecule has 2 heterocycles. The Morgan fingerprint density at radius 2 is 2.53 bits per heavy atom. The van der Waals surface area contributed by atoms with Crippen molar-refractivity contribution < 1.29 is 0 Å². The summed E-state index contributed by atoms with van der Waals surface area (Å²) in [7, 11) is 0. The minimum atomic E-state index is 0.306. The molecule has 2 aliphatic heterocycles. The third-order valence-electron chi connectivity index (χ3n) is 2.98. The Labute approximate surface area is 95.1 Å². The summed E-state index contributed by atoms with van der Waals surface area (Å²) in [5.74, 6) is 0.306. The molecule has 1 fully saturated rings. The summed E-state index contributed by atoms with van der Waals surface area (Å²) in [5, 5.41) is 8.89. The summed E-state index contributed by atoms with van der Waals surface area (Å²) in [6.45, 7) is 5.25. The molecule has 0 aliphatic carbocycles. The molecule has 0 spiro atoms. The number of hydrogen-bond acceptors (Lipinski definition) is 3. The standard InChI is InChI=1S/C11H13N3S/c1-2-14-4-3-10-9(7-14)5-8(6-12)11(15)13-10/h5,9H,2-4,7H2,1H3. The smallest absolute Gasteiger partial charge is 0.143 e. The Kier molecular flexibility index (Phi) is 2.94. The molecule has 0 N–H and O–H groups in total. The lowest BCUT2D eigenvalue weighted by Crippen LogP contribution is -2.41. The molecule has 3 nitrogen and oxygen atoms in total. The summed E-state index contributed by atoms with van der Waals surface area (Å²) >= 11 is 5.06. The number of hydrogen-bond donors (Lipinski definition) is 0. The molecule has 0 aromatic rings. The number of likely N-dealkylation sites (tertiary alicyclic amines) is 1. The molecule has 4 heteroatoms. The molecule has 15 heavy (non-hydrogen) atoms. The lowest BCUT2D eigenvalue weighted by atomic mass is 9.91. The monoisotopic (exact) mass is 219 g/mol. The molecular formula is C11H13N3S.